The van der Waals surface area contributed by atoms with Gasteiger partial charge in [-0.05, 0) is 32.9 Å². The van der Waals surface area contributed by atoms with E-state index in [9.17, 15) is 0 Å². The van der Waals surface area contributed by atoms with Crippen molar-refractivity contribution in [2.24, 2.45) is 0 Å². The fraction of sp³-hybridized carbons (Fsp3) is 0.429. The molecule has 106 valence electrons. The summed E-state index contributed by atoms with van der Waals surface area (Å²) >= 11 is 0. The maximum absolute atomic E-state index is 5.56. The Hall–Kier alpha value is -2.24. The molecule has 1 N–H and O–H groups in total. The van der Waals surface area contributed by atoms with Gasteiger partial charge in [0.1, 0.15) is 5.82 Å². The van der Waals surface area contributed by atoms with Crippen molar-refractivity contribution < 1.29 is 4.74 Å². The molecule has 0 spiro atoms. The fourth-order valence-corrected chi connectivity index (χ4v) is 1.64. The highest BCUT2D eigenvalue weighted by Crippen LogP contribution is 2.11. The van der Waals surface area contributed by atoms with Gasteiger partial charge in [-0.15, -0.1) is 0 Å². The van der Waals surface area contributed by atoms with E-state index in [4.69, 9.17) is 4.74 Å². The lowest BCUT2D eigenvalue weighted by Crippen LogP contribution is -2.13. The Morgan fingerprint density at radius 2 is 2.05 bits per heavy atom. The summed E-state index contributed by atoms with van der Waals surface area (Å²) in [6, 6.07) is 6.12. The maximum Gasteiger partial charge on any atom is 0.321 e. The molecule has 0 aliphatic rings. The molecule has 0 fully saturated rings. The summed E-state index contributed by atoms with van der Waals surface area (Å²) in [7, 11) is 0. The van der Waals surface area contributed by atoms with Crippen LogP contribution in [0.1, 0.15) is 32.3 Å². The van der Waals surface area contributed by atoms with E-state index in [0.29, 0.717) is 24.2 Å². The van der Waals surface area contributed by atoms with Crippen LogP contribution in [0.4, 0.5) is 5.95 Å². The van der Waals surface area contributed by atoms with Crippen LogP contribution in [0.5, 0.6) is 6.01 Å². The first kappa shape index (κ1) is 14.2. The molecule has 2 aromatic rings. The van der Waals surface area contributed by atoms with Crippen LogP contribution in [0, 0.1) is 0 Å². The summed E-state index contributed by atoms with van der Waals surface area (Å²) in [6.07, 6.45) is 2.33. The van der Waals surface area contributed by atoms with Gasteiger partial charge in [-0.1, -0.05) is 6.07 Å². The van der Waals surface area contributed by atoms with E-state index in [1.807, 2.05) is 39.0 Å². The highest BCUT2D eigenvalue weighted by molar-refractivity contribution is 5.26. The molecule has 0 amide bonds. The minimum absolute atomic E-state index is 0.0228. The summed E-state index contributed by atoms with van der Waals surface area (Å²) in [6.45, 7) is 6.61. The van der Waals surface area contributed by atoms with Crippen LogP contribution in [-0.2, 0) is 6.42 Å². The maximum atomic E-state index is 5.56. The van der Waals surface area contributed by atoms with Crippen molar-refractivity contribution in [2.45, 2.75) is 33.3 Å². The van der Waals surface area contributed by atoms with Crippen molar-refractivity contribution in [3.05, 3.63) is 35.9 Å². The third-order valence-electron chi connectivity index (χ3n) is 2.40. The Morgan fingerprint density at radius 3 is 2.70 bits per heavy atom. The van der Waals surface area contributed by atoms with Crippen LogP contribution >= 0.6 is 0 Å². The molecule has 6 nitrogen and oxygen atoms in total. The van der Waals surface area contributed by atoms with Crippen LogP contribution in [0.15, 0.2) is 24.4 Å². The minimum atomic E-state index is 0.0228. The molecule has 0 aliphatic carbocycles. The van der Waals surface area contributed by atoms with E-state index in [2.05, 4.69) is 25.3 Å². The zero-order valence-corrected chi connectivity index (χ0v) is 12.0. The van der Waals surface area contributed by atoms with Gasteiger partial charge in [0.25, 0.3) is 0 Å². The van der Waals surface area contributed by atoms with Gasteiger partial charge in [0.15, 0.2) is 0 Å². The SMILES string of the molecule is CCNc1nc(Cc2ccccn2)nc(OC(C)C)n1. The van der Waals surface area contributed by atoms with Crippen molar-refractivity contribution >= 4 is 5.95 Å². The summed E-state index contributed by atoms with van der Waals surface area (Å²) in [5, 5.41) is 3.08. The van der Waals surface area contributed by atoms with Gasteiger partial charge < -0.3 is 10.1 Å². The van der Waals surface area contributed by atoms with Crippen molar-refractivity contribution in [1.82, 2.24) is 19.9 Å². The monoisotopic (exact) mass is 273 g/mol. The second-order valence-corrected chi connectivity index (χ2v) is 4.55. The zero-order chi connectivity index (χ0) is 14.4. The van der Waals surface area contributed by atoms with Gasteiger partial charge in [-0.2, -0.15) is 15.0 Å². The third-order valence-corrected chi connectivity index (χ3v) is 2.40. The zero-order valence-electron chi connectivity index (χ0n) is 12.0. The van der Waals surface area contributed by atoms with Crippen LogP contribution in [0.25, 0.3) is 0 Å². The molecule has 0 unspecified atom stereocenters. The van der Waals surface area contributed by atoms with Crippen molar-refractivity contribution in [1.29, 1.82) is 0 Å². The molecule has 0 bridgehead atoms. The van der Waals surface area contributed by atoms with Crippen molar-refractivity contribution in [3.8, 4) is 6.01 Å². The molecule has 0 atom stereocenters. The molecule has 2 heterocycles. The fourth-order valence-electron chi connectivity index (χ4n) is 1.64. The number of anilines is 1. The van der Waals surface area contributed by atoms with E-state index < -0.39 is 0 Å². The van der Waals surface area contributed by atoms with Gasteiger partial charge >= 0.3 is 6.01 Å². The van der Waals surface area contributed by atoms with Gasteiger partial charge in [0, 0.05) is 18.4 Å². The molecule has 2 aromatic heterocycles. The summed E-state index contributed by atoms with van der Waals surface area (Å²) < 4.78 is 5.56. The number of nitrogens with one attached hydrogen (secondary N) is 1. The Morgan fingerprint density at radius 1 is 1.20 bits per heavy atom. The van der Waals surface area contributed by atoms with Gasteiger partial charge in [0.2, 0.25) is 5.95 Å². The Labute approximate surface area is 118 Å². The molecule has 20 heavy (non-hydrogen) atoms. The molecule has 0 saturated heterocycles. The van der Waals surface area contributed by atoms with Crippen LogP contribution in [0.3, 0.4) is 0 Å². The van der Waals surface area contributed by atoms with E-state index in [1.54, 1.807) is 6.20 Å². The van der Waals surface area contributed by atoms with Gasteiger partial charge in [-0.3, -0.25) is 4.98 Å². The Kier molecular flexibility index (Phi) is 4.81. The topological polar surface area (TPSA) is 72.8 Å². The average Bonchev–Trinajstić information content (AvgIpc) is 2.39. The van der Waals surface area contributed by atoms with Gasteiger partial charge in [0.05, 0.1) is 12.5 Å². The number of aromatic nitrogens is 4. The first-order valence-electron chi connectivity index (χ1n) is 6.72. The highest BCUT2D eigenvalue weighted by atomic mass is 16.5. The Bertz CT molecular complexity index is 545. The number of pyridine rings is 1. The lowest BCUT2D eigenvalue weighted by molar-refractivity contribution is 0.221. The predicted molar refractivity (Wildman–Crippen MR) is 76.8 cm³/mol. The third kappa shape index (κ3) is 4.15. The average molecular weight is 273 g/mol. The lowest BCUT2D eigenvalue weighted by atomic mass is 10.2. The molecule has 0 radical (unpaired) electrons. The van der Waals surface area contributed by atoms with E-state index in [1.165, 1.54) is 0 Å². The number of ether oxygens (including phenoxy) is 1. The number of hydrogen-bond donors (Lipinski definition) is 1. The first-order chi connectivity index (χ1) is 9.67. The largest absolute Gasteiger partial charge is 0.461 e. The normalized spacial score (nSPS) is 10.6. The number of nitrogens with zero attached hydrogens (tertiary/aromatic N) is 4. The Balaban J connectivity index is 2.24. The van der Waals surface area contributed by atoms with Gasteiger partial charge in [-0.25, -0.2) is 0 Å². The standard InChI is InChI=1S/C14H19N5O/c1-4-15-13-17-12(9-11-7-5-6-8-16-11)18-14(19-13)20-10(2)3/h5-8,10H,4,9H2,1-3H3,(H,15,17,18,19). The second kappa shape index (κ2) is 6.79. The molecule has 0 aromatic carbocycles. The first-order valence-corrected chi connectivity index (χ1v) is 6.72. The van der Waals surface area contributed by atoms with Crippen LogP contribution in [-0.4, -0.2) is 32.6 Å². The number of hydrogen-bond acceptors (Lipinski definition) is 6. The van der Waals surface area contributed by atoms with E-state index in [-0.39, 0.29) is 6.10 Å². The second-order valence-electron chi connectivity index (χ2n) is 4.55. The summed E-state index contributed by atoms with van der Waals surface area (Å²) in [5.41, 5.74) is 0.914. The quantitative estimate of drug-likeness (QED) is 0.868. The summed E-state index contributed by atoms with van der Waals surface area (Å²) in [5.74, 6) is 1.18. The molecular weight excluding hydrogens is 254 g/mol. The molecule has 6 heteroatoms. The molecule has 2 rings (SSSR count). The molecule has 0 saturated carbocycles. The predicted octanol–water partition coefficient (Wildman–Crippen LogP) is 2.08. The van der Waals surface area contributed by atoms with E-state index in [0.717, 1.165) is 12.2 Å². The molecule has 0 aliphatic heterocycles. The van der Waals surface area contributed by atoms with Crippen molar-refractivity contribution in [2.75, 3.05) is 11.9 Å². The van der Waals surface area contributed by atoms with Crippen molar-refractivity contribution in [3.63, 3.8) is 0 Å². The van der Waals surface area contributed by atoms with Crippen LogP contribution in [0.2, 0.25) is 0 Å². The molecular formula is C14H19N5O. The highest BCUT2D eigenvalue weighted by Gasteiger charge is 2.09. The lowest BCUT2D eigenvalue weighted by Gasteiger charge is -2.10. The smallest absolute Gasteiger partial charge is 0.321 e. The van der Waals surface area contributed by atoms with E-state index >= 15 is 0 Å². The van der Waals surface area contributed by atoms with Crippen LogP contribution < -0.4 is 10.1 Å². The minimum Gasteiger partial charge on any atom is -0.461 e. The summed E-state index contributed by atoms with van der Waals surface area (Å²) in [4.78, 5) is 17.2. The number of rotatable bonds is 6.